The van der Waals surface area contributed by atoms with Gasteiger partial charge in [0.1, 0.15) is 11.5 Å². The van der Waals surface area contributed by atoms with Crippen molar-refractivity contribution in [2.45, 2.75) is 0 Å². The molecule has 0 radical (unpaired) electrons. The first-order valence-electron chi connectivity index (χ1n) is 11.3. The lowest BCUT2D eigenvalue weighted by molar-refractivity contribution is -0.384. The summed E-state index contributed by atoms with van der Waals surface area (Å²) in [6.07, 6.45) is 0. The van der Waals surface area contributed by atoms with E-state index in [0.29, 0.717) is 53.8 Å². The molecule has 4 aromatic rings. The normalized spacial score (nSPS) is 13.6. The molecule has 1 aromatic heterocycles. The number of para-hydroxylation sites is 1. The van der Waals surface area contributed by atoms with E-state index < -0.39 is 4.92 Å². The fraction of sp³-hybridized carbons (Fsp3) is 0.154. The summed E-state index contributed by atoms with van der Waals surface area (Å²) in [5.41, 5.74) is 2.15. The minimum atomic E-state index is -0.495. The van der Waals surface area contributed by atoms with Crippen LogP contribution >= 0.6 is 11.6 Å². The van der Waals surface area contributed by atoms with Crippen molar-refractivity contribution in [2.75, 3.05) is 31.1 Å². The highest BCUT2D eigenvalue weighted by molar-refractivity contribution is 6.33. The number of carbonyl (C=O) groups is 1. The first kappa shape index (κ1) is 23.5. The zero-order valence-electron chi connectivity index (χ0n) is 19.1. The number of nitro groups is 1. The van der Waals surface area contributed by atoms with Crippen molar-refractivity contribution >= 4 is 28.9 Å². The Bertz CT molecular complexity index is 1450. The highest BCUT2D eigenvalue weighted by Gasteiger charge is 2.28. The number of amides is 1. The topological polar surface area (TPSA) is 84.5 Å². The molecular formula is C26H21ClFN5O3. The number of non-ortho nitro benzene ring substituents is 1. The van der Waals surface area contributed by atoms with Gasteiger partial charge in [-0.3, -0.25) is 14.9 Å². The van der Waals surface area contributed by atoms with Gasteiger partial charge in [0.15, 0.2) is 0 Å². The molecule has 5 rings (SSSR count). The van der Waals surface area contributed by atoms with Crippen LogP contribution in [-0.2, 0) is 0 Å². The van der Waals surface area contributed by atoms with E-state index in [4.69, 9.17) is 11.6 Å². The van der Waals surface area contributed by atoms with E-state index in [0.717, 1.165) is 0 Å². The van der Waals surface area contributed by atoms with E-state index in [1.165, 1.54) is 22.9 Å². The number of halogens is 2. The molecule has 182 valence electrons. The predicted octanol–water partition coefficient (Wildman–Crippen LogP) is 5.20. The summed E-state index contributed by atoms with van der Waals surface area (Å²) in [5.74, 6) is -0.578. The Morgan fingerprint density at radius 1 is 0.944 bits per heavy atom. The number of rotatable bonds is 5. The lowest BCUT2D eigenvalue weighted by Crippen LogP contribution is -2.49. The first-order valence-corrected chi connectivity index (χ1v) is 11.7. The van der Waals surface area contributed by atoms with Crippen LogP contribution in [0, 0.1) is 15.9 Å². The Hall–Kier alpha value is -4.24. The quantitative estimate of drug-likeness (QED) is 0.275. The highest BCUT2D eigenvalue weighted by atomic mass is 35.5. The first-order chi connectivity index (χ1) is 17.4. The second kappa shape index (κ2) is 9.79. The number of nitrogens with zero attached hydrogens (tertiary/aromatic N) is 5. The zero-order chi connectivity index (χ0) is 25.2. The average Bonchev–Trinajstić information content (AvgIpc) is 3.34. The molecule has 2 heterocycles. The maximum atomic E-state index is 14.2. The van der Waals surface area contributed by atoms with Crippen molar-refractivity contribution in [2.24, 2.45) is 0 Å². The van der Waals surface area contributed by atoms with Crippen LogP contribution in [0.3, 0.4) is 0 Å². The second-order valence-electron chi connectivity index (χ2n) is 8.31. The maximum absolute atomic E-state index is 14.2. The molecule has 0 unspecified atom stereocenters. The summed E-state index contributed by atoms with van der Waals surface area (Å²) in [4.78, 5) is 28.1. The van der Waals surface area contributed by atoms with Gasteiger partial charge < -0.3 is 9.80 Å². The van der Waals surface area contributed by atoms with Gasteiger partial charge in [-0.25, -0.2) is 9.07 Å². The standard InChI is InChI=1S/C26H21ClFN5O3/c27-21-9-2-1-8-20(21)23-17-25(32(29-23)18-6-5-7-19(16-18)33(35)36)26(34)31-14-12-30(13-15-31)24-11-4-3-10-22(24)28/h1-11,16-17H,12-15H2. The van der Waals surface area contributed by atoms with Gasteiger partial charge in [-0.05, 0) is 30.3 Å². The molecular weight excluding hydrogens is 485 g/mol. The smallest absolute Gasteiger partial charge is 0.272 e. The SMILES string of the molecule is O=C(c1cc(-c2ccccc2Cl)nn1-c1cccc([N+](=O)[O-])c1)N1CCN(c2ccccc2F)CC1. The summed E-state index contributed by atoms with van der Waals surface area (Å²) >= 11 is 6.38. The largest absolute Gasteiger partial charge is 0.366 e. The summed E-state index contributed by atoms with van der Waals surface area (Å²) in [5, 5.41) is 16.4. The summed E-state index contributed by atoms with van der Waals surface area (Å²) < 4.78 is 15.6. The van der Waals surface area contributed by atoms with Crippen LogP contribution in [0.4, 0.5) is 15.8 Å². The number of aromatic nitrogens is 2. The molecule has 10 heteroatoms. The Kier molecular flexibility index (Phi) is 6.39. The molecule has 1 fully saturated rings. The van der Waals surface area contributed by atoms with E-state index in [1.54, 1.807) is 59.5 Å². The van der Waals surface area contributed by atoms with Crippen molar-refractivity contribution in [3.8, 4) is 16.9 Å². The van der Waals surface area contributed by atoms with Crippen molar-refractivity contribution in [3.63, 3.8) is 0 Å². The number of benzene rings is 3. The summed E-state index contributed by atoms with van der Waals surface area (Å²) in [6.45, 7) is 1.70. The predicted molar refractivity (Wildman–Crippen MR) is 135 cm³/mol. The van der Waals surface area contributed by atoms with Crippen LogP contribution in [0.15, 0.2) is 78.9 Å². The van der Waals surface area contributed by atoms with Gasteiger partial charge in [-0.2, -0.15) is 5.10 Å². The van der Waals surface area contributed by atoms with Gasteiger partial charge in [0, 0.05) is 43.9 Å². The van der Waals surface area contributed by atoms with Gasteiger partial charge in [0.25, 0.3) is 11.6 Å². The fourth-order valence-corrected chi connectivity index (χ4v) is 4.52. The van der Waals surface area contributed by atoms with E-state index in [9.17, 15) is 19.3 Å². The Balaban J connectivity index is 1.48. The number of anilines is 1. The maximum Gasteiger partial charge on any atom is 0.272 e. The molecule has 0 aliphatic carbocycles. The third-order valence-corrected chi connectivity index (χ3v) is 6.45. The molecule has 36 heavy (non-hydrogen) atoms. The molecule has 0 bridgehead atoms. The zero-order valence-corrected chi connectivity index (χ0v) is 19.8. The number of piperazine rings is 1. The molecule has 8 nitrogen and oxygen atoms in total. The van der Waals surface area contributed by atoms with Gasteiger partial charge in [0.2, 0.25) is 0 Å². The molecule has 1 aliphatic heterocycles. The van der Waals surface area contributed by atoms with Crippen molar-refractivity contribution in [1.82, 2.24) is 14.7 Å². The molecule has 1 saturated heterocycles. The Morgan fingerprint density at radius 2 is 1.67 bits per heavy atom. The Morgan fingerprint density at radius 3 is 2.39 bits per heavy atom. The highest BCUT2D eigenvalue weighted by Crippen LogP contribution is 2.30. The number of hydrogen-bond acceptors (Lipinski definition) is 5. The molecule has 0 atom stereocenters. The third-order valence-electron chi connectivity index (χ3n) is 6.12. The van der Waals surface area contributed by atoms with Crippen LogP contribution in [0.1, 0.15) is 10.5 Å². The molecule has 1 aliphatic rings. The van der Waals surface area contributed by atoms with Crippen LogP contribution in [-0.4, -0.2) is 51.7 Å². The molecule has 3 aromatic carbocycles. The number of carbonyl (C=O) groups excluding carboxylic acids is 1. The van der Waals surface area contributed by atoms with E-state index in [2.05, 4.69) is 5.10 Å². The van der Waals surface area contributed by atoms with Crippen molar-refractivity contribution in [1.29, 1.82) is 0 Å². The molecule has 0 N–H and O–H groups in total. The number of nitro benzene ring substituents is 1. The van der Waals surface area contributed by atoms with Gasteiger partial charge in [0.05, 0.1) is 27.0 Å². The fourth-order valence-electron chi connectivity index (χ4n) is 4.29. The van der Waals surface area contributed by atoms with E-state index >= 15 is 0 Å². The lowest BCUT2D eigenvalue weighted by Gasteiger charge is -2.36. The molecule has 0 saturated carbocycles. The lowest BCUT2D eigenvalue weighted by atomic mass is 10.1. The minimum Gasteiger partial charge on any atom is -0.366 e. The van der Waals surface area contributed by atoms with Gasteiger partial charge in [-0.15, -0.1) is 0 Å². The van der Waals surface area contributed by atoms with E-state index in [1.807, 2.05) is 11.0 Å². The van der Waals surface area contributed by atoms with Crippen molar-refractivity contribution in [3.05, 3.63) is 106 Å². The number of hydrogen-bond donors (Lipinski definition) is 0. The van der Waals surface area contributed by atoms with Gasteiger partial charge in [-0.1, -0.05) is 48.0 Å². The Labute approximate surface area is 211 Å². The minimum absolute atomic E-state index is 0.112. The average molecular weight is 506 g/mol. The van der Waals surface area contributed by atoms with Crippen LogP contribution in [0.2, 0.25) is 5.02 Å². The molecule has 1 amide bonds. The van der Waals surface area contributed by atoms with Crippen LogP contribution < -0.4 is 4.90 Å². The monoisotopic (exact) mass is 505 g/mol. The second-order valence-corrected chi connectivity index (χ2v) is 8.72. The summed E-state index contributed by atoms with van der Waals surface area (Å²) in [6, 6.07) is 21.3. The third kappa shape index (κ3) is 4.52. The van der Waals surface area contributed by atoms with E-state index in [-0.39, 0.29) is 23.1 Å². The molecule has 0 spiro atoms. The van der Waals surface area contributed by atoms with Crippen molar-refractivity contribution < 1.29 is 14.1 Å². The van der Waals surface area contributed by atoms with Crippen LogP contribution in [0.25, 0.3) is 16.9 Å². The summed E-state index contributed by atoms with van der Waals surface area (Å²) in [7, 11) is 0. The van der Waals surface area contributed by atoms with Crippen LogP contribution in [0.5, 0.6) is 0 Å². The van der Waals surface area contributed by atoms with Gasteiger partial charge >= 0.3 is 0 Å².